The zero-order valence-electron chi connectivity index (χ0n) is 10.0. The van der Waals surface area contributed by atoms with Crippen LogP contribution in [-0.2, 0) is 6.42 Å². The second-order valence-corrected chi connectivity index (χ2v) is 4.45. The van der Waals surface area contributed by atoms with E-state index < -0.39 is 0 Å². The van der Waals surface area contributed by atoms with Crippen molar-refractivity contribution >= 4 is 0 Å². The van der Waals surface area contributed by atoms with E-state index in [0.29, 0.717) is 18.9 Å². The normalized spacial score (nSPS) is 18.6. The fourth-order valence-electron chi connectivity index (χ4n) is 2.10. The van der Waals surface area contributed by atoms with Gasteiger partial charge in [0, 0.05) is 26.1 Å². The fraction of sp³-hybridized carbons (Fsp3) is 0.818. The Morgan fingerprint density at radius 1 is 1.47 bits per heavy atom. The second-order valence-electron chi connectivity index (χ2n) is 4.45. The highest BCUT2D eigenvalue weighted by Gasteiger charge is 2.15. The summed E-state index contributed by atoms with van der Waals surface area (Å²) in [5, 5.41) is 16.5. The SMILES string of the molecule is OC(CNCCc1ncno1)CN1CCCC1. The first-order valence-corrected chi connectivity index (χ1v) is 6.21. The highest BCUT2D eigenvalue weighted by molar-refractivity contribution is 4.76. The summed E-state index contributed by atoms with van der Waals surface area (Å²) in [6, 6.07) is 0. The van der Waals surface area contributed by atoms with E-state index >= 15 is 0 Å². The van der Waals surface area contributed by atoms with Crippen LogP contribution >= 0.6 is 0 Å². The molecule has 1 unspecified atom stereocenters. The Morgan fingerprint density at radius 3 is 3.00 bits per heavy atom. The van der Waals surface area contributed by atoms with Crippen molar-refractivity contribution in [2.45, 2.75) is 25.4 Å². The Kier molecular flexibility index (Phi) is 4.90. The van der Waals surface area contributed by atoms with Crippen LogP contribution in [0.25, 0.3) is 0 Å². The number of aliphatic hydroxyl groups is 1. The van der Waals surface area contributed by atoms with Gasteiger partial charge in [-0.15, -0.1) is 0 Å². The lowest BCUT2D eigenvalue weighted by atomic mass is 10.3. The maximum Gasteiger partial charge on any atom is 0.227 e. The van der Waals surface area contributed by atoms with Gasteiger partial charge in [-0.3, -0.25) is 0 Å². The molecule has 2 rings (SSSR count). The van der Waals surface area contributed by atoms with Crippen LogP contribution < -0.4 is 5.32 Å². The van der Waals surface area contributed by atoms with Gasteiger partial charge in [-0.25, -0.2) is 0 Å². The predicted molar refractivity (Wildman–Crippen MR) is 62.6 cm³/mol. The molecule has 96 valence electrons. The van der Waals surface area contributed by atoms with Crippen molar-refractivity contribution < 1.29 is 9.63 Å². The minimum atomic E-state index is -0.296. The van der Waals surface area contributed by atoms with E-state index in [1.165, 1.54) is 19.2 Å². The van der Waals surface area contributed by atoms with Crippen molar-refractivity contribution in [2.75, 3.05) is 32.7 Å². The Balaban J connectivity index is 1.52. The average molecular weight is 240 g/mol. The highest BCUT2D eigenvalue weighted by Crippen LogP contribution is 2.07. The number of aliphatic hydroxyl groups excluding tert-OH is 1. The number of likely N-dealkylation sites (tertiary alicyclic amines) is 1. The van der Waals surface area contributed by atoms with Gasteiger partial charge in [-0.05, 0) is 25.9 Å². The second kappa shape index (κ2) is 6.68. The predicted octanol–water partition coefficient (Wildman–Crippen LogP) is -0.342. The van der Waals surface area contributed by atoms with Crippen molar-refractivity contribution in [2.24, 2.45) is 0 Å². The molecular formula is C11H20N4O2. The molecular weight excluding hydrogens is 220 g/mol. The zero-order valence-corrected chi connectivity index (χ0v) is 10.0. The molecule has 1 saturated heterocycles. The van der Waals surface area contributed by atoms with E-state index in [9.17, 15) is 5.11 Å². The average Bonchev–Trinajstić information content (AvgIpc) is 2.96. The van der Waals surface area contributed by atoms with Crippen LogP contribution in [0.4, 0.5) is 0 Å². The van der Waals surface area contributed by atoms with Crippen molar-refractivity contribution in [3.63, 3.8) is 0 Å². The van der Waals surface area contributed by atoms with Gasteiger partial charge >= 0.3 is 0 Å². The molecule has 1 fully saturated rings. The molecule has 0 amide bonds. The van der Waals surface area contributed by atoms with Crippen LogP contribution in [-0.4, -0.2) is 59.0 Å². The monoisotopic (exact) mass is 240 g/mol. The van der Waals surface area contributed by atoms with Gasteiger partial charge < -0.3 is 19.8 Å². The standard InChI is InChI=1S/C11H20N4O2/c16-10(8-15-5-1-2-6-15)7-12-4-3-11-13-9-14-17-11/h9-10,12,16H,1-8H2. The van der Waals surface area contributed by atoms with Crippen LogP contribution in [0.1, 0.15) is 18.7 Å². The molecule has 0 aromatic carbocycles. The molecule has 2 N–H and O–H groups in total. The molecule has 6 nitrogen and oxygen atoms in total. The van der Waals surface area contributed by atoms with E-state index in [1.807, 2.05) is 0 Å². The molecule has 1 aromatic rings. The molecule has 0 spiro atoms. The number of hydrogen-bond acceptors (Lipinski definition) is 6. The van der Waals surface area contributed by atoms with Crippen LogP contribution in [0.15, 0.2) is 10.9 Å². The molecule has 2 heterocycles. The van der Waals surface area contributed by atoms with Crippen molar-refractivity contribution in [3.8, 4) is 0 Å². The number of β-amino-alcohol motifs (C(OH)–C–C–N with tert-alkyl or cyclic N) is 1. The number of rotatable bonds is 7. The smallest absolute Gasteiger partial charge is 0.227 e. The summed E-state index contributed by atoms with van der Waals surface area (Å²) in [5.74, 6) is 0.631. The number of aromatic nitrogens is 2. The van der Waals surface area contributed by atoms with Gasteiger partial charge in [0.25, 0.3) is 0 Å². The van der Waals surface area contributed by atoms with E-state index in [-0.39, 0.29) is 6.10 Å². The summed E-state index contributed by atoms with van der Waals surface area (Å²) < 4.78 is 4.88. The maximum atomic E-state index is 9.81. The van der Waals surface area contributed by atoms with Gasteiger partial charge in [0.1, 0.15) is 0 Å². The molecule has 17 heavy (non-hydrogen) atoms. The highest BCUT2D eigenvalue weighted by atomic mass is 16.5. The molecule has 6 heteroatoms. The zero-order chi connectivity index (χ0) is 11.9. The lowest BCUT2D eigenvalue weighted by Gasteiger charge is -2.19. The third-order valence-electron chi connectivity index (χ3n) is 2.97. The first-order valence-electron chi connectivity index (χ1n) is 6.21. The van der Waals surface area contributed by atoms with Crippen molar-refractivity contribution in [1.29, 1.82) is 0 Å². The summed E-state index contributed by atoms with van der Waals surface area (Å²) in [6.45, 7) is 4.38. The quantitative estimate of drug-likeness (QED) is 0.635. The number of hydrogen-bond donors (Lipinski definition) is 2. The Morgan fingerprint density at radius 2 is 2.29 bits per heavy atom. The minimum absolute atomic E-state index is 0.296. The van der Waals surface area contributed by atoms with Gasteiger partial charge in [0.2, 0.25) is 5.89 Å². The van der Waals surface area contributed by atoms with Crippen LogP contribution in [0, 0.1) is 0 Å². The topological polar surface area (TPSA) is 74.4 Å². The van der Waals surface area contributed by atoms with E-state index in [2.05, 4.69) is 20.4 Å². The minimum Gasteiger partial charge on any atom is -0.390 e. The molecule has 1 aliphatic heterocycles. The van der Waals surface area contributed by atoms with Crippen LogP contribution in [0.3, 0.4) is 0 Å². The molecule has 0 radical (unpaired) electrons. The molecule has 0 bridgehead atoms. The Labute approximate surface area is 101 Å². The summed E-state index contributed by atoms with van der Waals surface area (Å²) in [4.78, 5) is 6.24. The van der Waals surface area contributed by atoms with Gasteiger partial charge in [-0.1, -0.05) is 5.16 Å². The van der Waals surface area contributed by atoms with Gasteiger partial charge in [-0.2, -0.15) is 4.98 Å². The van der Waals surface area contributed by atoms with Gasteiger partial charge in [0.05, 0.1) is 6.10 Å². The summed E-state index contributed by atoms with van der Waals surface area (Å²) in [5.41, 5.74) is 0. The third-order valence-corrected chi connectivity index (χ3v) is 2.97. The summed E-state index contributed by atoms with van der Waals surface area (Å²) in [6.07, 6.45) is 4.33. The molecule has 1 atom stereocenters. The van der Waals surface area contributed by atoms with Gasteiger partial charge in [0.15, 0.2) is 6.33 Å². The van der Waals surface area contributed by atoms with Crippen LogP contribution in [0.2, 0.25) is 0 Å². The molecule has 0 aliphatic carbocycles. The Hall–Kier alpha value is -0.980. The summed E-state index contributed by atoms with van der Waals surface area (Å²) >= 11 is 0. The molecule has 1 aliphatic rings. The van der Waals surface area contributed by atoms with E-state index in [4.69, 9.17) is 4.52 Å². The van der Waals surface area contributed by atoms with E-state index in [0.717, 1.165) is 26.2 Å². The number of nitrogens with zero attached hydrogens (tertiary/aromatic N) is 3. The van der Waals surface area contributed by atoms with E-state index in [1.54, 1.807) is 0 Å². The number of nitrogens with one attached hydrogen (secondary N) is 1. The van der Waals surface area contributed by atoms with Crippen molar-refractivity contribution in [3.05, 3.63) is 12.2 Å². The van der Waals surface area contributed by atoms with Crippen molar-refractivity contribution in [1.82, 2.24) is 20.4 Å². The lowest BCUT2D eigenvalue weighted by molar-refractivity contribution is 0.123. The third kappa shape index (κ3) is 4.41. The largest absolute Gasteiger partial charge is 0.390 e. The first kappa shape index (κ1) is 12.5. The lowest BCUT2D eigenvalue weighted by Crippen LogP contribution is -2.37. The first-order chi connectivity index (χ1) is 8.34. The van der Waals surface area contributed by atoms with Crippen LogP contribution in [0.5, 0.6) is 0 Å². The Bertz CT molecular complexity index is 298. The maximum absolute atomic E-state index is 9.81. The fourth-order valence-corrected chi connectivity index (χ4v) is 2.10. The molecule has 0 saturated carbocycles. The molecule has 1 aromatic heterocycles. The summed E-state index contributed by atoms with van der Waals surface area (Å²) in [7, 11) is 0.